The highest BCUT2D eigenvalue weighted by atomic mass is 19.1. The molecule has 1 saturated carbocycles. The van der Waals surface area contributed by atoms with Crippen molar-refractivity contribution in [3.63, 3.8) is 0 Å². The standard InChI is InChI=1S/C12H16F2N2O/c13-9-5-8(15)6-10(14)11(9)16-12(7-17)3-1-2-4-12/h5-6,16-17H,1-4,7,15H2. The van der Waals surface area contributed by atoms with Crippen LogP contribution in [0.4, 0.5) is 20.2 Å². The SMILES string of the molecule is Nc1cc(F)c(NC2(CO)CCCC2)c(F)c1. The topological polar surface area (TPSA) is 58.3 Å². The van der Waals surface area contributed by atoms with Crippen LogP contribution in [-0.4, -0.2) is 17.3 Å². The Labute approximate surface area is 98.6 Å². The Morgan fingerprint density at radius 2 is 1.76 bits per heavy atom. The second kappa shape index (κ2) is 4.49. The number of hydrogen-bond acceptors (Lipinski definition) is 3. The molecule has 1 aliphatic carbocycles. The van der Waals surface area contributed by atoms with Gasteiger partial charge in [-0.15, -0.1) is 0 Å². The molecular formula is C12H16F2N2O. The monoisotopic (exact) mass is 242 g/mol. The average molecular weight is 242 g/mol. The molecule has 1 aliphatic rings. The number of nitrogens with two attached hydrogens (primary N) is 1. The van der Waals surface area contributed by atoms with E-state index in [1.165, 1.54) is 0 Å². The molecule has 0 unspecified atom stereocenters. The van der Waals surface area contributed by atoms with Crippen molar-refractivity contribution >= 4 is 11.4 Å². The maximum absolute atomic E-state index is 13.6. The highest BCUT2D eigenvalue weighted by molar-refractivity contribution is 5.55. The van der Waals surface area contributed by atoms with Crippen molar-refractivity contribution < 1.29 is 13.9 Å². The first-order valence-corrected chi connectivity index (χ1v) is 5.70. The molecule has 1 aromatic rings. The van der Waals surface area contributed by atoms with E-state index in [-0.39, 0.29) is 18.0 Å². The summed E-state index contributed by atoms with van der Waals surface area (Å²) in [5.41, 5.74) is 4.60. The molecule has 0 radical (unpaired) electrons. The summed E-state index contributed by atoms with van der Waals surface area (Å²) < 4.78 is 27.2. The lowest BCUT2D eigenvalue weighted by atomic mass is 9.98. The number of aliphatic hydroxyl groups is 1. The normalized spacial score (nSPS) is 18.3. The minimum absolute atomic E-state index is 0.0509. The lowest BCUT2D eigenvalue weighted by Crippen LogP contribution is -2.39. The second-order valence-corrected chi connectivity index (χ2v) is 4.63. The predicted molar refractivity (Wildman–Crippen MR) is 62.7 cm³/mol. The molecule has 3 nitrogen and oxygen atoms in total. The largest absolute Gasteiger partial charge is 0.399 e. The highest BCUT2D eigenvalue weighted by Crippen LogP contribution is 2.34. The molecule has 0 amide bonds. The molecular weight excluding hydrogens is 226 g/mol. The number of anilines is 2. The van der Waals surface area contributed by atoms with Gasteiger partial charge in [0, 0.05) is 5.69 Å². The fourth-order valence-electron chi connectivity index (χ4n) is 2.35. The number of nitrogen functional groups attached to an aromatic ring is 1. The molecule has 5 heteroatoms. The zero-order valence-electron chi connectivity index (χ0n) is 9.47. The van der Waals surface area contributed by atoms with Gasteiger partial charge in [-0.05, 0) is 25.0 Å². The maximum Gasteiger partial charge on any atom is 0.151 e. The lowest BCUT2D eigenvalue weighted by molar-refractivity contribution is 0.213. The third-order valence-electron chi connectivity index (χ3n) is 3.32. The van der Waals surface area contributed by atoms with E-state index in [4.69, 9.17) is 5.73 Å². The number of rotatable bonds is 3. The van der Waals surface area contributed by atoms with E-state index in [0.29, 0.717) is 12.8 Å². The zero-order valence-corrected chi connectivity index (χ0v) is 9.47. The van der Waals surface area contributed by atoms with Gasteiger partial charge in [-0.3, -0.25) is 0 Å². The van der Waals surface area contributed by atoms with Crippen LogP contribution in [0, 0.1) is 11.6 Å². The Bertz CT molecular complexity index is 394. The first-order valence-electron chi connectivity index (χ1n) is 5.70. The molecule has 1 fully saturated rings. The summed E-state index contributed by atoms with van der Waals surface area (Å²) >= 11 is 0. The van der Waals surface area contributed by atoms with Crippen LogP contribution in [0.1, 0.15) is 25.7 Å². The summed E-state index contributed by atoms with van der Waals surface area (Å²) in [6, 6.07) is 2.15. The molecule has 0 atom stereocenters. The number of aliphatic hydroxyl groups excluding tert-OH is 1. The van der Waals surface area contributed by atoms with Crippen molar-refractivity contribution in [2.75, 3.05) is 17.7 Å². The van der Waals surface area contributed by atoms with Gasteiger partial charge in [0.15, 0.2) is 11.6 Å². The number of hydrogen-bond donors (Lipinski definition) is 3. The molecule has 94 valence electrons. The number of nitrogens with one attached hydrogen (secondary N) is 1. The summed E-state index contributed by atoms with van der Waals surface area (Å²) in [5.74, 6) is -1.44. The first kappa shape index (κ1) is 12.1. The second-order valence-electron chi connectivity index (χ2n) is 4.63. The predicted octanol–water partition coefficient (Wildman–Crippen LogP) is 2.26. The van der Waals surface area contributed by atoms with Crippen molar-refractivity contribution in [3.8, 4) is 0 Å². The summed E-state index contributed by atoms with van der Waals surface area (Å²) in [7, 11) is 0. The fourth-order valence-corrected chi connectivity index (χ4v) is 2.35. The van der Waals surface area contributed by atoms with Crippen LogP contribution in [0.25, 0.3) is 0 Å². The van der Waals surface area contributed by atoms with Gasteiger partial charge in [-0.1, -0.05) is 12.8 Å². The van der Waals surface area contributed by atoms with Crippen molar-refractivity contribution in [3.05, 3.63) is 23.8 Å². The third kappa shape index (κ3) is 2.34. The van der Waals surface area contributed by atoms with E-state index < -0.39 is 17.2 Å². The van der Waals surface area contributed by atoms with Crippen LogP contribution in [-0.2, 0) is 0 Å². The van der Waals surface area contributed by atoms with E-state index in [0.717, 1.165) is 25.0 Å². The van der Waals surface area contributed by atoms with E-state index in [9.17, 15) is 13.9 Å². The Kier molecular flexibility index (Phi) is 3.19. The lowest BCUT2D eigenvalue weighted by Gasteiger charge is -2.29. The summed E-state index contributed by atoms with van der Waals surface area (Å²) in [6.07, 6.45) is 3.33. The molecule has 0 heterocycles. The van der Waals surface area contributed by atoms with E-state index in [1.54, 1.807) is 0 Å². The number of benzene rings is 1. The minimum atomic E-state index is -0.720. The zero-order chi connectivity index (χ0) is 12.5. The highest BCUT2D eigenvalue weighted by Gasteiger charge is 2.34. The van der Waals surface area contributed by atoms with Gasteiger partial charge in [-0.25, -0.2) is 8.78 Å². The molecule has 1 aromatic carbocycles. The fraction of sp³-hybridized carbons (Fsp3) is 0.500. The molecule has 2 rings (SSSR count). The van der Waals surface area contributed by atoms with Crippen LogP contribution in [0.2, 0.25) is 0 Å². The molecule has 0 aromatic heterocycles. The molecule has 0 saturated heterocycles. The molecule has 17 heavy (non-hydrogen) atoms. The maximum atomic E-state index is 13.6. The summed E-state index contributed by atoms with van der Waals surface area (Å²) in [6.45, 7) is -0.129. The molecule has 0 aliphatic heterocycles. The Hall–Kier alpha value is -1.36. The smallest absolute Gasteiger partial charge is 0.151 e. The van der Waals surface area contributed by atoms with E-state index >= 15 is 0 Å². The van der Waals surface area contributed by atoms with Gasteiger partial charge in [-0.2, -0.15) is 0 Å². The van der Waals surface area contributed by atoms with Gasteiger partial charge in [0.2, 0.25) is 0 Å². The van der Waals surface area contributed by atoms with Gasteiger partial charge in [0.05, 0.1) is 12.1 Å². The summed E-state index contributed by atoms with van der Waals surface area (Å²) in [5, 5.41) is 12.2. The minimum Gasteiger partial charge on any atom is -0.399 e. The van der Waals surface area contributed by atoms with Crippen LogP contribution in [0.5, 0.6) is 0 Å². The molecule has 0 bridgehead atoms. The Morgan fingerprint density at radius 1 is 1.24 bits per heavy atom. The van der Waals surface area contributed by atoms with Crippen molar-refractivity contribution in [1.29, 1.82) is 0 Å². The Morgan fingerprint density at radius 3 is 2.24 bits per heavy atom. The van der Waals surface area contributed by atoms with E-state index in [2.05, 4.69) is 5.32 Å². The van der Waals surface area contributed by atoms with Gasteiger partial charge in [0.25, 0.3) is 0 Å². The van der Waals surface area contributed by atoms with Crippen molar-refractivity contribution in [1.82, 2.24) is 0 Å². The van der Waals surface area contributed by atoms with Crippen LogP contribution >= 0.6 is 0 Å². The third-order valence-corrected chi connectivity index (χ3v) is 3.32. The van der Waals surface area contributed by atoms with Crippen LogP contribution in [0.15, 0.2) is 12.1 Å². The first-order chi connectivity index (χ1) is 8.06. The summed E-state index contributed by atoms with van der Waals surface area (Å²) in [4.78, 5) is 0. The molecule has 4 N–H and O–H groups in total. The Balaban J connectivity index is 2.29. The average Bonchev–Trinajstić information content (AvgIpc) is 2.73. The van der Waals surface area contributed by atoms with Crippen molar-refractivity contribution in [2.45, 2.75) is 31.2 Å². The number of halogens is 2. The van der Waals surface area contributed by atoms with Gasteiger partial charge < -0.3 is 16.2 Å². The van der Waals surface area contributed by atoms with Crippen LogP contribution in [0.3, 0.4) is 0 Å². The van der Waals surface area contributed by atoms with Gasteiger partial charge >= 0.3 is 0 Å². The van der Waals surface area contributed by atoms with Crippen molar-refractivity contribution in [2.24, 2.45) is 0 Å². The molecule has 0 spiro atoms. The van der Waals surface area contributed by atoms with E-state index in [1.807, 2.05) is 0 Å². The van der Waals surface area contributed by atoms with Gasteiger partial charge in [0.1, 0.15) is 5.69 Å². The quantitative estimate of drug-likeness (QED) is 0.712. The van der Waals surface area contributed by atoms with Crippen LogP contribution < -0.4 is 11.1 Å².